The molecule has 0 saturated carbocycles. The molecule has 0 atom stereocenters. The highest BCUT2D eigenvalue weighted by Crippen LogP contribution is 2.20. The molecule has 0 bridgehead atoms. The molecule has 24 heavy (non-hydrogen) atoms. The van der Waals surface area contributed by atoms with Gasteiger partial charge in [-0.3, -0.25) is 10.1 Å². The average molecular weight is 320 g/mol. The molecule has 0 fully saturated rings. The van der Waals surface area contributed by atoms with Crippen LogP contribution in [0.1, 0.15) is 11.1 Å². The monoisotopic (exact) mass is 320 g/mol. The van der Waals surface area contributed by atoms with E-state index in [0.717, 1.165) is 5.56 Å². The number of esters is 1. The predicted molar refractivity (Wildman–Crippen MR) is 89.3 cm³/mol. The van der Waals surface area contributed by atoms with Gasteiger partial charge in [0.25, 0.3) is 5.69 Å². The summed E-state index contributed by atoms with van der Waals surface area (Å²) in [7, 11) is 0. The van der Waals surface area contributed by atoms with E-state index in [4.69, 9.17) is 4.74 Å². The quantitative estimate of drug-likeness (QED) is 0.374. The number of rotatable bonds is 4. The molecular formula is C18H12N2O4. The van der Waals surface area contributed by atoms with Crippen molar-refractivity contribution in [2.24, 2.45) is 4.99 Å². The van der Waals surface area contributed by atoms with E-state index in [9.17, 15) is 14.9 Å². The topological polar surface area (TPSA) is 81.8 Å². The Bertz CT molecular complexity index is 883. The molecule has 0 radical (unpaired) electrons. The van der Waals surface area contributed by atoms with Crippen LogP contribution in [0.2, 0.25) is 0 Å². The first kappa shape index (κ1) is 15.4. The molecule has 0 unspecified atom stereocenters. The molecule has 3 rings (SSSR count). The lowest BCUT2D eigenvalue weighted by Crippen LogP contribution is -2.05. The first-order valence-electron chi connectivity index (χ1n) is 7.12. The van der Waals surface area contributed by atoms with Gasteiger partial charge in [0.2, 0.25) is 5.90 Å². The van der Waals surface area contributed by atoms with Gasteiger partial charge in [-0.15, -0.1) is 0 Å². The Hall–Kier alpha value is -3.54. The minimum atomic E-state index is -0.589. The Balaban J connectivity index is 1.83. The first-order valence-corrected chi connectivity index (χ1v) is 7.12. The summed E-state index contributed by atoms with van der Waals surface area (Å²) >= 11 is 0. The summed E-state index contributed by atoms with van der Waals surface area (Å²) in [6, 6.07) is 15.4. The highest BCUT2D eigenvalue weighted by atomic mass is 16.6. The molecule has 0 saturated heterocycles. The van der Waals surface area contributed by atoms with Gasteiger partial charge in [0.1, 0.15) is 0 Å². The molecule has 0 spiro atoms. The van der Waals surface area contributed by atoms with E-state index in [1.807, 2.05) is 36.4 Å². The lowest BCUT2D eigenvalue weighted by atomic mass is 10.2. The number of benzene rings is 2. The standard InChI is InChI=1S/C18H12N2O4/c21-18-16(11-4-8-13-6-2-1-3-7-13)19-17(24-18)14-9-5-10-15(12-14)20(22)23/h1-12H/b8-4+,16-11+. The number of hydrogen-bond donors (Lipinski definition) is 0. The molecule has 6 nitrogen and oxygen atoms in total. The van der Waals surface area contributed by atoms with E-state index >= 15 is 0 Å². The average Bonchev–Trinajstić information content (AvgIpc) is 2.97. The van der Waals surface area contributed by atoms with E-state index in [-0.39, 0.29) is 17.3 Å². The van der Waals surface area contributed by atoms with Gasteiger partial charge < -0.3 is 4.74 Å². The zero-order valence-electron chi connectivity index (χ0n) is 12.5. The van der Waals surface area contributed by atoms with Gasteiger partial charge in [-0.05, 0) is 17.7 Å². The van der Waals surface area contributed by atoms with Crippen molar-refractivity contribution < 1.29 is 14.5 Å². The second-order valence-corrected chi connectivity index (χ2v) is 4.94. The number of hydrogen-bond acceptors (Lipinski definition) is 5. The van der Waals surface area contributed by atoms with Crippen molar-refractivity contribution in [2.75, 3.05) is 0 Å². The van der Waals surface area contributed by atoms with Crippen molar-refractivity contribution >= 4 is 23.6 Å². The van der Waals surface area contributed by atoms with Crippen molar-refractivity contribution in [3.8, 4) is 0 Å². The maximum absolute atomic E-state index is 11.8. The first-order chi connectivity index (χ1) is 11.6. The molecule has 0 amide bonds. The Morgan fingerprint density at radius 3 is 2.62 bits per heavy atom. The number of nitro groups is 1. The molecule has 1 aliphatic heterocycles. The van der Waals surface area contributed by atoms with Crippen LogP contribution in [0, 0.1) is 10.1 Å². The molecule has 0 aliphatic carbocycles. The van der Waals surface area contributed by atoms with Crippen LogP contribution >= 0.6 is 0 Å². The molecule has 6 heteroatoms. The lowest BCUT2D eigenvalue weighted by Gasteiger charge is -1.98. The van der Waals surface area contributed by atoms with Gasteiger partial charge in [0, 0.05) is 17.7 Å². The van der Waals surface area contributed by atoms with E-state index in [2.05, 4.69) is 4.99 Å². The fraction of sp³-hybridized carbons (Fsp3) is 0. The summed E-state index contributed by atoms with van der Waals surface area (Å²) in [4.78, 5) is 26.2. The molecule has 2 aromatic rings. The van der Waals surface area contributed by atoms with E-state index < -0.39 is 10.9 Å². The molecule has 0 aromatic heterocycles. The van der Waals surface area contributed by atoms with Crippen LogP contribution in [0.25, 0.3) is 6.08 Å². The summed E-state index contributed by atoms with van der Waals surface area (Å²) in [5.74, 6) is -0.530. The fourth-order valence-corrected chi connectivity index (χ4v) is 2.11. The molecular weight excluding hydrogens is 308 g/mol. The minimum absolute atomic E-state index is 0.0584. The lowest BCUT2D eigenvalue weighted by molar-refractivity contribution is -0.384. The van der Waals surface area contributed by atoms with Crippen molar-refractivity contribution in [3.63, 3.8) is 0 Å². The number of carbonyl (C=O) groups is 1. The van der Waals surface area contributed by atoms with Gasteiger partial charge in [-0.1, -0.05) is 48.6 Å². The second-order valence-electron chi connectivity index (χ2n) is 4.94. The summed E-state index contributed by atoms with van der Waals surface area (Å²) < 4.78 is 5.08. The number of carbonyl (C=O) groups excluding carboxylic acids is 1. The molecule has 0 N–H and O–H groups in total. The minimum Gasteiger partial charge on any atom is -0.402 e. The maximum atomic E-state index is 11.8. The Morgan fingerprint density at radius 2 is 1.88 bits per heavy atom. The number of non-ortho nitro benzene ring substituents is 1. The Morgan fingerprint density at radius 1 is 1.08 bits per heavy atom. The third-order valence-corrected chi connectivity index (χ3v) is 3.27. The van der Waals surface area contributed by atoms with Gasteiger partial charge in [-0.2, -0.15) is 0 Å². The third kappa shape index (κ3) is 3.44. The molecule has 1 heterocycles. The van der Waals surface area contributed by atoms with Crippen molar-refractivity contribution in [3.05, 3.63) is 93.7 Å². The summed E-state index contributed by atoms with van der Waals surface area (Å²) in [6.45, 7) is 0. The van der Waals surface area contributed by atoms with Gasteiger partial charge in [-0.25, -0.2) is 9.79 Å². The third-order valence-electron chi connectivity index (χ3n) is 3.27. The zero-order valence-corrected chi connectivity index (χ0v) is 12.5. The second kappa shape index (κ2) is 6.70. The van der Waals surface area contributed by atoms with Crippen LogP contribution in [0.15, 0.2) is 77.4 Å². The highest BCUT2D eigenvalue weighted by molar-refractivity contribution is 6.11. The van der Waals surface area contributed by atoms with Crippen molar-refractivity contribution in [2.45, 2.75) is 0 Å². The van der Waals surface area contributed by atoms with E-state index in [1.165, 1.54) is 18.2 Å². The summed E-state index contributed by atoms with van der Waals surface area (Å²) in [6.07, 6.45) is 5.08. The highest BCUT2D eigenvalue weighted by Gasteiger charge is 2.24. The smallest absolute Gasteiger partial charge is 0.363 e. The van der Waals surface area contributed by atoms with Crippen LogP contribution < -0.4 is 0 Å². The number of cyclic esters (lactones) is 1. The number of nitrogens with zero attached hydrogens (tertiary/aromatic N) is 2. The number of nitro benzene ring substituents is 1. The van der Waals surface area contributed by atoms with Gasteiger partial charge >= 0.3 is 5.97 Å². The normalized spacial score (nSPS) is 15.6. The predicted octanol–water partition coefficient (Wildman–Crippen LogP) is 3.50. The van der Waals surface area contributed by atoms with Crippen molar-refractivity contribution in [1.29, 1.82) is 0 Å². The number of ether oxygens (including phenoxy) is 1. The van der Waals surface area contributed by atoms with Crippen LogP contribution in [0.3, 0.4) is 0 Å². The Labute approximate surface area is 137 Å². The fourth-order valence-electron chi connectivity index (χ4n) is 2.11. The maximum Gasteiger partial charge on any atom is 0.363 e. The summed E-state index contributed by atoms with van der Waals surface area (Å²) in [5, 5.41) is 10.8. The van der Waals surface area contributed by atoms with Crippen molar-refractivity contribution in [1.82, 2.24) is 0 Å². The van der Waals surface area contributed by atoms with Crippen LogP contribution in [0.5, 0.6) is 0 Å². The van der Waals surface area contributed by atoms with Crippen LogP contribution in [0.4, 0.5) is 5.69 Å². The van der Waals surface area contributed by atoms with Crippen LogP contribution in [-0.2, 0) is 9.53 Å². The molecule has 118 valence electrons. The SMILES string of the molecule is O=C1OC(c2cccc([N+](=O)[O-])c2)=N/C1=C/C=C/c1ccccc1. The molecule has 2 aromatic carbocycles. The van der Waals surface area contributed by atoms with E-state index in [0.29, 0.717) is 5.56 Å². The summed E-state index contributed by atoms with van der Waals surface area (Å²) in [5.41, 5.74) is 1.42. The van der Waals surface area contributed by atoms with E-state index in [1.54, 1.807) is 18.2 Å². The zero-order chi connectivity index (χ0) is 16.9. The molecule has 1 aliphatic rings. The van der Waals surface area contributed by atoms with Gasteiger partial charge in [0.05, 0.1) is 4.92 Å². The largest absolute Gasteiger partial charge is 0.402 e. The number of allylic oxidation sites excluding steroid dienone is 2. The Kier molecular flexibility index (Phi) is 4.29. The van der Waals surface area contributed by atoms with Gasteiger partial charge in [0.15, 0.2) is 5.70 Å². The number of aliphatic imine (C=N–C) groups is 1. The van der Waals surface area contributed by atoms with Crippen LogP contribution in [-0.4, -0.2) is 16.8 Å².